The lowest BCUT2D eigenvalue weighted by molar-refractivity contribution is -0.126. The summed E-state index contributed by atoms with van der Waals surface area (Å²) in [6.07, 6.45) is 0.790. The Morgan fingerprint density at radius 1 is 1.23 bits per heavy atom. The standard InChI is InChI=1S/C16H24N2O3.ClH/c1-3-20-14-6-5-12(9-15(14)21-4-2)7-8-18-16(19)13-10-17-11-13;/h5-6,9,13,17H,3-4,7-8,10-11H2,1-2H3,(H,18,19);1H. The average Bonchev–Trinajstić information content (AvgIpc) is 2.40. The van der Waals surface area contributed by atoms with E-state index in [0.29, 0.717) is 19.8 Å². The van der Waals surface area contributed by atoms with Gasteiger partial charge in [0.05, 0.1) is 19.1 Å². The summed E-state index contributed by atoms with van der Waals surface area (Å²) >= 11 is 0. The Morgan fingerprint density at radius 2 is 1.91 bits per heavy atom. The van der Waals surface area contributed by atoms with Crippen LogP contribution in [0.5, 0.6) is 11.5 Å². The van der Waals surface area contributed by atoms with Crippen LogP contribution in [0.3, 0.4) is 0 Å². The maximum Gasteiger partial charge on any atom is 0.225 e. The summed E-state index contributed by atoms with van der Waals surface area (Å²) in [6.45, 7) is 7.37. The molecule has 1 amide bonds. The van der Waals surface area contributed by atoms with Crippen LogP contribution in [0.15, 0.2) is 18.2 Å². The molecular formula is C16H25ClN2O3. The normalized spacial score (nSPS) is 13.7. The minimum absolute atomic E-state index is 0. The Bertz CT molecular complexity index is 478. The number of hydrogen-bond acceptors (Lipinski definition) is 4. The van der Waals surface area contributed by atoms with Crippen LogP contribution in [0.1, 0.15) is 19.4 Å². The van der Waals surface area contributed by atoms with Gasteiger partial charge in [0.1, 0.15) is 0 Å². The van der Waals surface area contributed by atoms with E-state index in [4.69, 9.17) is 9.47 Å². The second-order valence-corrected chi connectivity index (χ2v) is 5.04. The van der Waals surface area contributed by atoms with Gasteiger partial charge >= 0.3 is 0 Å². The quantitative estimate of drug-likeness (QED) is 0.764. The van der Waals surface area contributed by atoms with Gasteiger partial charge in [-0.2, -0.15) is 0 Å². The number of carbonyl (C=O) groups is 1. The van der Waals surface area contributed by atoms with Crippen molar-refractivity contribution in [2.24, 2.45) is 5.92 Å². The molecule has 0 unspecified atom stereocenters. The van der Waals surface area contributed by atoms with Crippen LogP contribution in [0.4, 0.5) is 0 Å². The van der Waals surface area contributed by atoms with E-state index in [0.717, 1.165) is 36.6 Å². The number of amides is 1. The highest BCUT2D eigenvalue weighted by atomic mass is 35.5. The van der Waals surface area contributed by atoms with Crippen LogP contribution in [-0.2, 0) is 11.2 Å². The molecule has 0 atom stereocenters. The van der Waals surface area contributed by atoms with Gasteiger partial charge in [-0.15, -0.1) is 12.4 Å². The predicted octanol–water partition coefficient (Wildman–Crippen LogP) is 1.78. The summed E-state index contributed by atoms with van der Waals surface area (Å²) in [5.41, 5.74) is 1.13. The van der Waals surface area contributed by atoms with Crippen LogP contribution < -0.4 is 20.1 Å². The summed E-state index contributed by atoms with van der Waals surface area (Å²) in [4.78, 5) is 11.7. The van der Waals surface area contributed by atoms with Gasteiger partial charge in [0.2, 0.25) is 5.91 Å². The highest BCUT2D eigenvalue weighted by Crippen LogP contribution is 2.28. The van der Waals surface area contributed by atoms with Crippen LogP contribution in [0.2, 0.25) is 0 Å². The molecule has 1 saturated heterocycles. The number of hydrogen-bond donors (Lipinski definition) is 2. The topological polar surface area (TPSA) is 59.6 Å². The zero-order valence-electron chi connectivity index (χ0n) is 13.2. The second kappa shape index (κ2) is 9.54. The third-order valence-electron chi connectivity index (χ3n) is 3.47. The predicted molar refractivity (Wildman–Crippen MR) is 89.1 cm³/mol. The highest BCUT2D eigenvalue weighted by Gasteiger charge is 2.24. The highest BCUT2D eigenvalue weighted by molar-refractivity contribution is 5.85. The first-order chi connectivity index (χ1) is 10.2. The molecule has 1 fully saturated rings. The van der Waals surface area contributed by atoms with Crippen molar-refractivity contribution in [1.29, 1.82) is 0 Å². The smallest absolute Gasteiger partial charge is 0.225 e. The van der Waals surface area contributed by atoms with E-state index in [1.165, 1.54) is 0 Å². The van der Waals surface area contributed by atoms with Gasteiger partial charge in [0, 0.05) is 19.6 Å². The van der Waals surface area contributed by atoms with E-state index >= 15 is 0 Å². The molecule has 0 spiro atoms. The third-order valence-corrected chi connectivity index (χ3v) is 3.47. The summed E-state index contributed by atoms with van der Waals surface area (Å²) < 4.78 is 11.1. The van der Waals surface area contributed by atoms with Crippen molar-refractivity contribution < 1.29 is 14.3 Å². The van der Waals surface area contributed by atoms with Gasteiger partial charge in [-0.05, 0) is 38.0 Å². The van der Waals surface area contributed by atoms with E-state index in [9.17, 15) is 4.79 Å². The van der Waals surface area contributed by atoms with Crippen LogP contribution >= 0.6 is 12.4 Å². The Morgan fingerprint density at radius 3 is 2.50 bits per heavy atom. The molecule has 1 aromatic carbocycles. The summed E-state index contributed by atoms with van der Waals surface area (Å²) in [7, 11) is 0. The molecule has 0 radical (unpaired) electrons. The molecule has 0 aliphatic carbocycles. The number of halogens is 1. The third kappa shape index (κ3) is 5.07. The molecule has 0 saturated carbocycles. The summed E-state index contributed by atoms with van der Waals surface area (Å²) in [5, 5.41) is 6.07. The van der Waals surface area contributed by atoms with Gasteiger partial charge in [0.15, 0.2) is 11.5 Å². The Labute approximate surface area is 138 Å². The fraction of sp³-hybridized carbons (Fsp3) is 0.562. The lowest BCUT2D eigenvalue weighted by Gasteiger charge is -2.25. The molecule has 5 nitrogen and oxygen atoms in total. The van der Waals surface area contributed by atoms with Crippen molar-refractivity contribution in [2.45, 2.75) is 20.3 Å². The largest absolute Gasteiger partial charge is 0.490 e. The Hall–Kier alpha value is -1.46. The van der Waals surface area contributed by atoms with Crippen LogP contribution in [-0.4, -0.2) is 38.8 Å². The van der Waals surface area contributed by atoms with Crippen molar-refractivity contribution in [1.82, 2.24) is 10.6 Å². The first kappa shape index (κ1) is 18.6. The van der Waals surface area contributed by atoms with Crippen molar-refractivity contribution in [3.05, 3.63) is 23.8 Å². The molecule has 6 heteroatoms. The zero-order valence-corrected chi connectivity index (χ0v) is 14.0. The number of rotatable bonds is 8. The van der Waals surface area contributed by atoms with Crippen LogP contribution in [0.25, 0.3) is 0 Å². The summed E-state index contributed by atoms with van der Waals surface area (Å²) in [6, 6.07) is 5.94. The van der Waals surface area contributed by atoms with E-state index in [-0.39, 0.29) is 24.2 Å². The molecule has 124 valence electrons. The molecule has 2 rings (SSSR count). The Balaban J connectivity index is 0.00000242. The molecule has 1 heterocycles. The minimum Gasteiger partial charge on any atom is -0.490 e. The van der Waals surface area contributed by atoms with Gasteiger partial charge in [0.25, 0.3) is 0 Å². The monoisotopic (exact) mass is 328 g/mol. The van der Waals surface area contributed by atoms with E-state index in [1.54, 1.807) is 0 Å². The number of nitrogens with one attached hydrogen (secondary N) is 2. The number of carbonyl (C=O) groups excluding carboxylic acids is 1. The van der Waals surface area contributed by atoms with Crippen molar-refractivity contribution >= 4 is 18.3 Å². The molecule has 0 bridgehead atoms. The van der Waals surface area contributed by atoms with E-state index < -0.39 is 0 Å². The van der Waals surface area contributed by atoms with Gasteiger partial charge < -0.3 is 20.1 Å². The lowest BCUT2D eigenvalue weighted by atomic mass is 10.0. The molecule has 22 heavy (non-hydrogen) atoms. The molecule has 1 aromatic rings. The van der Waals surface area contributed by atoms with Crippen molar-refractivity contribution in [3.63, 3.8) is 0 Å². The van der Waals surface area contributed by atoms with Crippen molar-refractivity contribution in [2.75, 3.05) is 32.8 Å². The SMILES string of the molecule is CCOc1ccc(CCNC(=O)C2CNC2)cc1OCC.Cl. The maximum atomic E-state index is 11.7. The number of ether oxygens (including phenoxy) is 2. The maximum absolute atomic E-state index is 11.7. The second-order valence-electron chi connectivity index (χ2n) is 5.04. The molecule has 1 aliphatic rings. The van der Waals surface area contributed by atoms with E-state index in [2.05, 4.69) is 10.6 Å². The van der Waals surface area contributed by atoms with Gasteiger partial charge in [-0.3, -0.25) is 4.79 Å². The first-order valence-corrected chi connectivity index (χ1v) is 7.61. The fourth-order valence-corrected chi connectivity index (χ4v) is 2.20. The number of benzene rings is 1. The van der Waals surface area contributed by atoms with Crippen LogP contribution in [0, 0.1) is 5.92 Å². The molecular weight excluding hydrogens is 304 g/mol. The van der Waals surface area contributed by atoms with Crippen molar-refractivity contribution in [3.8, 4) is 11.5 Å². The lowest BCUT2D eigenvalue weighted by Crippen LogP contribution is -2.51. The molecule has 1 aliphatic heterocycles. The Kier molecular flexibility index (Phi) is 8.06. The zero-order chi connectivity index (χ0) is 15.1. The average molecular weight is 329 g/mol. The first-order valence-electron chi connectivity index (χ1n) is 7.61. The minimum atomic E-state index is 0. The summed E-state index contributed by atoms with van der Waals surface area (Å²) in [5.74, 6) is 1.83. The molecule has 0 aromatic heterocycles. The van der Waals surface area contributed by atoms with Gasteiger partial charge in [-0.1, -0.05) is 6.07 Å². The molecule has 2 N–H and O–H groups in total. The van der Waals surface area contributed by atoms with E-state index in [1.807, 2.05) is 32.0 Å². The van der Waals surface area contributed by atoms with Gasteiger partial charge in [-0.25, -0.2) is 0 Å². The fourth-order valence-electron chi connectivity index (χ4n) is 2.20.